The molecule has 24 heavy (non-hydrogen) atoms. The summed E-state index contributed by atoms with van der Waals surface area (Å²) in [5.41, 5.74) is 2.23. The number of ether oxygens (including phenoxy) is 3. The predicted octanol–water partition coefficient (Wildman–Crippen LogP) is 4.43. The highest BCUT2D eigenvalue weighted by molar-refractivity contribution is 6.32. The van der Waals surface area contributed by atoms with E-state index in [9.17, 15) is 0 Å². The van der Waals surface area contributed by atoms with Crippen LogP contribution in [0.15, 0.2) is 36.4 Å². The molecule has 0 heterocycles. The first-order valence-corrected chi connectivity index (χ1v) is 8.28. The molecule has 0 atom stereocenters. The van der Waals surface area contributed by atoms with E-state index >= 15 is 0 Å². The van der Waals surface area contributed by atoms with Crippen molar-refractivity contribution in [3.05, 3.63) is 52.5 Å². The van der Waals surface area contributed by atoms with Crippen LogP contribution in [0.3, 0.4) is 0 Å². The first-order valence-electron chi connectivity index (χ1n) is 7.90. The SMILES string of the molecule is COc1ccc(CNCc2cc(Cl)c(OC(C)C)c(OC)c2)cc1. The molecule has 1 N–H and O–H groups in total. The molecule has 0 saturated carbocycles. The Morgan fingerprint density at radius 3 is 2.21 bits per heavy atom. The number of halogens is 1. The van der Waals surface area contributed by atoms with Crippen LogP contribution in [0.1, 0.15) is 25.0 Å². The lowest BCUT2D eigenvalue weighted by atomic mass is 10.1. The van der Waals surface area contributed by atoms with E-state index in [0.717, 1.165) is 17.9 Å². The summed E-state index contributed by atoms with van der Waals surface area (Å²) in [5, 5.41) is 3.96. The van der Waals surface area contributed by atoms with E-state index < -0.39 is 0 Å². The lowest BCUT2D eigenvalue weighted by molar-refractivity contribution is 0.230. The Labute approximate surface area is 148 Å². The minimum Gasteiger partial charge on any atom is -0.497 e. The molecular formula is C19H24ClNO3. The fourth-order valence-corrected chi connectivity index (χ4v) is 2.60. The summed E-state index contributed by atoms with van der Waals surface area (Å²) in [5.74, 6) is 2.10. The molecule has 0 aliphatic heterocycles. The maximum absolute atomic E-state index is 6.34. The summed E-state index contributed by atoms with van der Waals surface area (Å²) in [7, 11) is 3.28. The van der Waals surface area contributed by atoms with Crippen LogP contribution in [0, 0.1) is 0 Å². The molecule has 0 aliphatic rings. The molecule has 130 valence electrons. The van der Waals surface area contributed by atoms with Gasteiger partial charge in [-0.05, 0) is 49.2 Å². The van der Waals surface area contributed by atoms with Gasteiger partial charge in [-0.25, -0.2) is 0 Å². The summed E-state index contributed by atoms with van der Waals surface area (Å²) in [6.45, 7) is 5.36. The minimum atomic E-state index is 0.0375. The number of hydrogen-bond donors (Lipinski definition) is 1. The summed E-state index contributed by atoms with van der Waals surface area (Å²) < 4.78 is 16.3. The lowest BCUT2D eigenvalue weighted by Gasteiger charge is -2.16. The van der Waals surface area contributed by atoms with Gasteiger partial charge in [-0.15, -0.1) is 0 Å². The summed E-state index contributed by atoms with van der Waals surface area (Å²) >= 11 is 6.34. The van der Waals surface area contributed by atoms with Gasteiger partial charge in [0.25, 0.3) is 0 Å². The summed E-state index contributed by atoms with van der Waals surface area (Å²) in [6, 6.07) is 11.8. The highest BCUT2D eigenvalue weighted by Gasteiger charge is 2.13. The Morgan fingerprint density at radius 2 is 1.62 bits per heavy atom. The number of benzene rings is 2. The Morgan fingerprint density at radius 1 is 0.958 bits per heavy atom. The Kier molecular flexibility index (Phi) is 6.76. The molecule has 0 fully saturated rings. The maximum Gasteiger partial charge on any atom is 0.180 e. The van der Waals surface area contributed by atoms with Crippen LogP contribution in [0.5, 0.6) is 17.2 Å². The molecule has 0 saturated heterocycles. The van der Waals surface area contributed by atoms with Crippen LogP contribution in [0.4, 0.5) is 0 Å². The van der Waals surface area contributed by atoms with Crippen molar-refractivity contribution in [1.82, 2.24) is 5.32 Å². The first kappa shape index (κ1) is 18.4. The van der Waals surface area contributed by atoms with Gasteiger partial charge in [0.15, 0.2) is 11.5 Å². The van der Waals surface area contributed by atoms with Gasteiger partial charge in [-0.1, -0.05) is 23.7 Å². The molecule has 2 rings (SSSR count). The fraction of sp³-hybridized carbons (Fsp3) is 0.368. The zero-order valence-electron chi connectivity index (χ0n) is 14.6. The molecule has 4 nitrogen and oxygen atoms in total. The molecule has 2 aromatic rings. The zero-order valence-corrected chi connectivity index (χ0v) is 15.3. The van der Waals surface area contributed by atoms with Gasteiger partial charge in [0, 0.05) is 13.1 Å². The van der Waals surface area contributed by atoms with Crippen molar-refractivity contribution in [2.75, 3.05) is 14.2 Å². The monoisotopic (exact) mass is 349 g/mol. The van der Waals surface area contributed by atoms with E-state index in [4.69, 9.17) is 25.8 Å². The van der Waals surface area contributed by atoms with E-state index in [2.05, 4.69) is 5.32 Å². The lowest BCUT2D eigenvalue weighted by Crippen LogP contribution is -2.13. The maximum atomic E-state index is 6.34. The van der Waals surface area contributed by atoms with Crippen LogP contribution in [0.25, 0.3) is 0 Å². The molecule has 0 aliphatic carbocycles. The van der Waals surface area contributed by atoms with Gasteiger partial charge in [0.1, 0.15) is 5.75 Å². The van der Waals surface area contributed by atoms with Crippen molar-refractivity contribution in [3.8, 4) is 17.2 Å². The normalized spacial score (nSPS) is 10.8. The molecule has 0 amide bonds. The molecule has 0 unspecified atom stereocenters. The fourth-order valence-electron chi connectivity index (χ4n) is 2.32. The largest absolute Gasteiger partial charge is 0.497 e. The van der Waals surface area contributed by atoms with Gasteiger partial charge in [0.05, 0.1) is 25.3 Å². The molecule has 0 aromatic heterocycles. The van der Waals surface area contributed by atoms with Crippen molar-refractivity contribution >= 4 is 11.6 Å². The summed E-state index contributed by atoms with van der Waals surface area (Å²) in [6.07, 6.45) is 0.0375. The highest BCUT2D eigenvalue weighted by atomic mass is 35.5. The number of nitrogens with one attached hydrogen (secondary N) is 1. The number of methoxy groups -OCH3 is 2. The van der Waals surface area contributed by atoms with Crippen molar-refractivity contribution in [2.24, 2.45) is 0 Å². The standard InChI is InChI=1S/C19H24ClNO3/c1-13(2)24-19-17(20)9-15(10-18(19)23-4)12-21-11-14-5-7-16(22-3)8-6-14/h5-10,13,21H,11-12H2,1-4H3. The zero-order chi connectivity index (χ0) is 17.5. The average Bonchev–Trinajstić information content (AvgIpc) is 2.57. The first-order chi connectivity index (χ1) is 11.5. The molecular weight excluding hydrogens is 326 g/mol. The van der Waals surface area contributed by atoms with E-state index in [1.54, 1.807) is 14.2 Å². The van der Waals surface area contributed by atoms with Gasteiger partial charge in [-0.2, -0.15) is 0 Å². The van der Waals surface area contributed by atoms with Crippen LogP contribution >= 0.6 is 11.6 Å². The van der Waals surface area contributed by atoms with Crippen LogP contribution in [-0.2, 0) is 13.1 Å². The van der Waals surface area contributed by atoms with Crippen molar-refractivity contribution in [3.63, 3.8) is 0 Å². The van der Waals surface area contributed by atoms with Crippen LogP contribution < -0.4 is 19.5 Å². The quantitative estimate of drug-likeness (QED) is 0.765. The van der Waals surface area contributed by atoms with Gasteiger partial charge >= 0.3 is 0 Å². The molecule has 0 spiro atoms. The van der Waals surface area contributed by atoms with E-state index in [1.807, 2.05) is 50.2 Å². The second-order valence-electron chi connectivity index (χ2n) is 5.73. The number of hydrogen-bond acceptors (Lipinski definition) is 4. The Bertz CT molecular complexity index is 656. The summed E-state index contributed by atoms with van der Waals surface area (Å²) in [4.78, 5) is 0. The van der Waals surface area contributed by atoms with Crippen molar-refractivity contribution < 1.29 is 14.2 Å². The Hall–Kier alpha value is -1.91. The average molecular weight is 350 g/mol. The van der Waals surface area contributed by atoms with Crippen molar-refractivity contribution in [1.29, 1.82) is 0 Å². The van der Waals surface area contributed by atoms with Crippen LogP contribution in [-0.4, -0.2) is 20.3 Å². The van der Waals surface area contributed by atoms with Crippen LogP contribution in [0.2, 0.25) is 5.02 Å². The topological polar surface area (TPSA) is 39.7 Å². The second kappa shape index (κ2) is 8.81. The predicted molar refractivity (Wildman–Crippen MR) is 97.3 cm³/mol. The third kappa shape index (κ3) is 5.05. The van der Waals surface area contributed by atoms with E-state index in [1.165, 1.54) is 5.56 Å². The van der Waals surface area contributed by atoms with Gasteiger partial charge < -0.3 is 19.5 Å². The molecule has 0 bridgehead atoms. The smallest absolute Gasteiger partial charge is 0.180 e. The highest BCUT2D eigenvalue weighted by Crippen LogP contribution is 2.37. The van der Waals surface area contributed by atoms with E-state index in [-0.39, 0.29) is 6.10 Å². The molecule has 5 heteroatoms. The molecule has 2 aromatic carbocycles. The third-order valence-corrected chi connectivity index (χ3v) is 3.74. The minimum absolute atomic E-state index is 0.0375. The molecule has 0 radical (unpaired) electrons. The van der Waals surface area contributed by atoms with Crippen molar-refractivity contribution in [2.45, 2.75) is 33.0 Å². The third-order valence-electron chi connectivity index (χ3n) is 3.46. The van der Waals surface area contributed by atoms with E-state index in [0.29, 0.717) is 23.1 Å². The second-order valence-corrected chi connectivity index (χ2v) is 6.13. The number of rotatable bonds is 8. The van der Waals surface area contributed by atoms with Gasteiger partial charge in [-0.3, -0.25) is 0 Å². The Balaban J connectivity index is 2.00. The van der Waals surface area contributed by atoms with Gasteiger partial charge in [0.2, 0.25) is 0 Å².